The molecule has 1 aromatic heterocycles. The summed E-state index contributed by atoms with van der Waals surface area (Å²) in [7, 11) is 0. The maximum Gasteiger partial charge on any atom is 0.265 e. The van der Waals surface area contributed by atoms with Crippen LogP contribution < -0.4 is 16.4 Å². The molecule has 1 amide bonds. The minimum Gasteiger partial charge on any atom is -0.382 e. The van der Waals surface area contributed by atoms with Crippen molar-refractivity contribution in [2.24, 2.45) is 11.3 Å². The average molecular weight is 282 g/mol. The number of nitrogens with zero attached hydrogens (tertiary/aromatic N) is 1. The number of amides is 1. The molecule has 5 nitrogen and oxygen atoms in total. The molecule has 19 heavy (non-hydrogen) atoms. The number of nitrogen functional groups attached to an aromatic ring is 1. The van der Waals surface area contributed by atoms with E-state index in [2.05, 4.69) is 29.5 Å². The Morgan fingerprint density at radius 1 is 1.53 bits per heavy atom. The van der Waals surface area contributed by atoms with Crippen LogP contribution in [0.3, 0.4) is 0 Å². The van der Waals surface area contributed by atoms with Crippen molar-refractivity contribution in [3.63, 3.8) is 0 Å². The number of nitrogens with two attached hydrogens (primary N) is 1. The van der Waals surface area contributed by atoms with Gasteiger partial charge in [-0.05, 0) is 31.1 Å². The number of aromatic nitrogens is 1. The highest BCUT2D eigenvalue weighted by atomic mass is 32.1. The van der Waals surface area contributed by atoms with Crippen LogP contribution >= 0.6 is 11.3 Å². The van der Waals surface area contributed by atoms with E-state index in [0.29, 0.717) is 27.2 Å². The van der Waals surface area contributed by atoms with Gasteiger partial charge in [0.1, 0.15) is 10.7 Å². The van der Waals surface area contributed by atoms with E-state index >= 15 is 0 Å². The van der Waals surface area contributed by atoms with Gasteiger partial charge in [0.15, 0.2) is 5.13 Å². The number of anilines is 2. The monoisotopic (exact) mass is 282 g/mol. The van der Waals surface area contributed by atoms with E-state index in [0.717, 1.165) is 13.1 Å². The molecule has 0 aromatic carbocycles. The molecular weight excluding hydrogens is 260 g/mol. The fourth-order valence-corrected chi connectivity index (χ4v) is 3.05. The first-order chi connectivity index (χ1) is 8.98. The molecule has 0 aliphatic heterocycles. The van der Waals surface area contributed by atoms with Crippen LogP contribution in [0.25, 0.3) is 0 Å². The lowest BCUT2D eigenvalue weighted by Gasteiger charge is -2.19. The summed E-state index contributed by atoms with van der Waals surface area (Å²) >= 11 is 1.31. The highest BCUT2D eigenvalue weighted by Crippen LogP contribution is 2.51. The van der Waals surface area contributed by atoms with Gasteiger partial charge in [-0.1, -0.05) is 25.2 Å². The molecule has 6 heteroatoms. The first kappa shape index (κ1) is 14.1. The topological polar surface area (TPSA) is 80.0 Å². The van der Waals surface area contributed by atoms with Gasteiger partial charge in [0, 0.05) is 13.1 Å². The van der Waals surface area contributed by atoms with E-state index in [1.54, 1.807) is 0 Å². The van der Waals surface area contributed by atoms with Gasteiger partial charge in [-0.15, -0.1) is 0 Å². The van der Waals surface area contributed by atoms with Crippen molar-refractivity contribution in [3.8, 4) is 0 Å². The summed E-state index contributed by atoms with van der Waals surface area (Å²) in [6.07, 6.45) is 2.40. The number of thiazole rings is 1. The molecule has 1 heterocycles. The van der Waals surface area contributed by atoms with Gasteiger partial charge in [0.2, 0.25) is 0 Å². The highest BCUT2D eigenvalue weighted by Gasteiger charge is 2.45. The lowest BCUT2D eigenvalue weighted by atomic mass is 9.92. The maximum absolute atomic E-state index is 12.1. The summed E-state index contributed by atoms with van der Waals surface area (Å²) in [5.41, 5.74) is 6.09. The van der Waals surface area contributed by atoms with Crippen LogP contribution in [-0.4, -0.2) is 24.0 Å². The third-order valence-corrected chi connectivity index (χ3v) is 4.93. The van der Waals surface area contributed by atoms with Crippen molar-refractivity contribution >= 4 is 28.2 Å². The minimum atomic E-state index is -0.105. The Morgan fingerprint density at radius 3 is 2.74 bits per heavy atom. The van der Waals surface area contributed by atoms with Crippen molar-refractivity contribution in [1.29, 1.82) is 0 Å². The summed E-state index contributed by atoms with van der Waals surface area (Å²) < 4.78 is 0. The van der Waals surface area contributed by atoms with Gasteiger partial charge in [0.25, 0.3) is 5.91 Å². The van der Waals surface area contributed by atoms with E-state index in [-0.39, 0.29) is 5.91 Å². The van der Waals surface area contributed by atoms with Gasteiger partial charge in [0.05, 0.1) is 0 Å². The fourth-order valence-electron chi connectivity index (χ4n) is 2.18. The van der Waals surface area contributed by atoms with Crippen LogP contribution in [0.2, 0.25) is 0 Å². The number of carbonyl (C=O) groups excluding carboxylic acids is 1. The van der Waals surface area contributed by atoms with Crippen LogP contribution in [0.4, 0.5) is 10.9 Å². The second-order valence-electron chi connectivity index (χ2n) is 5.46. The zero-order chi connectivity index (χ0) is 14.0. The molecule has 1 fully saturated rings. The Balaban J connectivity index is 1.96. The summed E-state index contributed by atoms with van der Waals surface area (Å²) in [6, 6.07) is 0. The molecule has 0 radical (unpaired) electrons. The van der Waals surface area contributed by atoms with Gasteiger partial charge >= 0.3 is 0 Å². The van der Waals surface area contributed by atoms with Crippen molar-refractivity contribution in [3.05, 3.63) is 4.88 Å². The van der Waals surface area contributed by atoms with Crippen LogP contribution in [0, 0.1) is 11.3 Å². The Labute approximate surface area is 118 Å². The molecule has 2 rings (SSSR count). The third-order valence-electron chi connectivity index (χ3n) is 3.91. The molecule has 4 N–H and O–H groups in total. The van der Waals surface area contributed by atoms with Crippen molar-refractivity contribution in [2.45, 2.75) is 33.6 Å². The summed E-state index contributed by atoms with van der Waals surface area (Å²) in [5, 5.41) is 6.78. The Morgan fingerprint density at radius 2 is 2.21 bits per heavy atom. The molecule has 0 atom stereocenters. The maximum atomic E-state index is 12.1. The van der Waals surface area contributed by atoms with Crippen LogP contribution in [-0.2, 0) is 0 Å². The molecule has 1 saturated carbocycles. The molecule has 0 unspecified atom stereocenters. The minimum absolute atomic E-state index is 0.105. The highest BCUT2D eigenvalue weighted by molar-refractivity contribution is 7.18. The summed E-state index contributed by atoms with van der Waals surface area (Å²) in [4.78, 5) is 16.8. The third kappa shape index (κ3) is 3.00. The van der Waals surface area contributed by atoms with E-state index in [1.807, 2.05) is 6.92 Å². The van der Waals surface area contributed by atoms with Crippen LogP contribution in [0.1, 0.15) is 43.3 Å². The largest absolute Gasteiger partial charge is 0.382 e. The predicted octanol–water partition coefficient (Wildman–Crippen LogP) is 2.32. The first-order valence-corrected chi connectivity index (χ1v) is 7.58. The smallest absolute Gasteiger partial charge is 0.265 e. The molecule has 0 bridgehead atoms. The van der Waals surface area contributed by atoms with Gasteiger partial charge in [-0.2, -0.15) is 0 Å². The van der Waals surface area contributed by atoms with E-state index in [4.69, 9.17) is 5.73 Å². The molecule has 106 valence electrons. The second-order valence-corrected chi connectivity index (χ2v) is 6.46. The quantitative estimate of drug-likeness (QED) is 0.748. The van der Waals surface area contributed by atoms with Gasteiger partial charge < -0.3 is 16.4 Å². The van der Waals surface area contributed by atoms with Crippen molar-refractivity contribution in [1.82, 2.24) is 10.3 Å². The molecule has 1 aliphatic carbocycles. The predicted molar refractivity (Wildman–Crippen MR) is 79.5 cm³/mol. The lowest BCUT2D eigenvalue weighted by molar-refractivity contribution is 0.0944. The molecular formula is C13H22N4OS. The number of hydrogen-bond donors (Lipinski definition) is 3. The number of nitrogens with one attached hydrogen (secondary N) is 2. The summed E-state index contributed by atoms with van der Waals surface area (Å²) in [5.74, 6) is 0.808. The lowest BCUT2D eigenvalue weighted by Crippen LogP contribution is -2.32. The van der Waals surface area contributed by atoms with Crippen LogP contribution in [0.5, 0.6) is 0 Å². The molecule has 0 saturated heterocycles. The van der Waals surface area contributed by atoms with Gasteiger partial charge in [-0.3, -0.25) is 4.79 Å². The average Bonchev–Trinajstić information content (AvgIpc) is 3.06. The fraction of sp³-hybridized carbons (Fsp3) is 0.692. The SMILES string of the molecule is CCNc1nc(N)c(C(=O)NCC2(C(C)C)CC2)s1. The Bertz CT molecular complexity index is 465. The van der Waals surface area contributed by atoms with Crippen molar-refractivity contribution < 1.29 is 4.79 Å². The standard InChI is InChI=1S/C13H22N4OS/c1-4-15-12-17-10(14)9(19-12)11(18)16-7-13(5-6-13)8(2)3/h8H,4-7,14H2,1-3H3,(H,15,17)(H,16,18). The Hall–Kier alpha value is -1.30. The molecule has 0 spiro atoms. The second kappa shape index (κ2) is 5.36. The van der Waals surface area contributed by atoms with Crippen LogP contribution in [0.15, 0.2) is 0 Å². The molecule has 1 aromatic rings. The summed E-state index contributed by atoms with van der Waals surface area (Å²) in [6.45, 7) is 7.91. The van der Waals surface area contributed by atoms with E-state index in [1.165, 1.54) is 24.2 Å². The number of carbonyl (C=O) groups is 1. The number of rotatable bonds is 6. The Kier molecular flexibility index (Phi) is 3.99. The first-order valence-electron chi connectivity index (χ1n) is 6.77. The van der Waals surface area contributed by atoms with Gasteiger partial charge in [-0.25, -0.2) is 4.98 Å². The molecule has 1 aliphatic rings. The van der Waals surface area contributed by atoms with Crippen molar-refractivity contribution in [2.75, 3.05) is 24.1 Å². The van der Waals surface area contributed by atoms with E-state index in [9.17, 15) is 4.79 Å². The zero-order valence-corrected chi connectivity index (χ0v) is 12.6. The number of hydrogen-bond acceptors (Lipinski definition) is 5. The van der Waals surface area contributed by atoms with E-state index < -0.39 is 0 Å². The zero-order valence-electron chi connectivity index (χ0n) is 11.7. The normalized spacial score (nSPS) is 16.4.